The minimum Gasteiger partial charge on any atom is -0.496 e. The smallest absolute Gasteiger partial charge is 0.261 e. The van der Waals surface area contributed by atoms with Gasteiger partial charge in [0.2, 0.25) is 11.1 Å². The van der Waals surface area contributed by atoms with E-state index in [9.17, 15) is 9.59 Å². The van der Waals surface area contributed by atoms with Crippen LogP contribution in [0.2, 0.25) is 0 Å². The van der Waals surface area contributed by atoms with Crippen molar-refractivity contribution in [1.82, 2.24) is 25.5 Å². The highest BCUT2D eigenvalue weighted by atomic mass is 32.2. The van der Waals surface area contributed by atoms with Gasteiger partial charge < -0.3 is 4.74 Å². The third-order valence-electron chi connectivity index (χ3n) is 3.38. The van der Waals surface area contributed by atoms with Crippen LogP contribution in [0.25, 0.3) is 5.69 Å². The van der Waals surface area contributed by atoms with Crippen molar-refractivity contribution in [3.8, 4) is 11.4 Å². The Kier molecular flexibility index (Phi) is 5.59. The second-order valence-corrected chi connectivity index (χ2v) is 6.02. The fraction of sp³-hybridized carbons (Fsp3) is 0.118. The number of benzene rings is 2. The third kappa shape index (κ3) is 4.06. The fourth-order valence-corrected chi connectivity index (χ4v) is 2.88. The summed E-state index contributed by atoms with van der Waals surface area (Å²) in [7, 11) is 1.47. The standard InChI is InChI=1S/C17H15N5O3S/c1-25-14-10-6-5-9-13(14)16(24)18-15(23)11-26-17-19-20-21-22(17)12-7-3-2-4-8-12/h2-10H,11H2,1H3,(H,18,23,24). The number of tetrazole rings is 1. The van der Waals surface area contributed by atoms with Crippen molar-refractivity contribution >= 4 is 23.6 Å². The number of amides is 2. The average molecular weight is 369 g/mol. The summed E-state index contributed by atoms with van der Waals surface area (Å²) in [6, 6.07) is 16.0. The lowest BCUT2D eigenvalue weighted by Crippen LogP contribution is -2.32. The van der Waals surface area contributed by atoms with Gasteiger partial charge >= 0.3 is 0 Å². The predicted octanol–water partition coefficient (Wildman–Crippen LogP) is 1.72. The van der Waals surface area contributed by atoms with Crippen LogP contribution in [-0.2, 0) is 4.79 Å². The topological polar surface area (TPSA) is 99.0 Å². The van der Waals surface area contributed by atoms with Gasteiger partial charge in [0.1, 0.15) is 5.75 Å². The van der Waals surface area contributed by atoms with Crippen LogP contribution in [0.3, 0.4) is 0 Å². The molecular weight excluding hydrogens is 354 g/mol. The van der Waals surface area contributed by atoms with E-state index in [1.165, 1.54) is 11.8 Å². The molecule has 0 saturated carbocycles. The van der Waals surface area contributed by atoms with Gasteiger partial charge in [-0.15, -0.1) is 5.10 Å². The number of nitrogens with one attached hydrogen (secondary N) is 1. The van der Waals surface area contributed by atoms with Crippen LogP contribution in [-0.4, -0.2) is 44.9 Å². The van der Waals surface area contributed by atoms with Crippen LogP contribution in [0.1, 0.15) is 10.4 Å². The molecule has 0 radical (unpaired) electrons. The van der Waals surface area contributed by atoms with Gasteiger partial charge in [-0.2, -0.15) is 4.68 Å². The van der Waals surface area contributed by atoms with Gasteiger partial charge in [0.05, 0.1) is 24.1 Å². The Morgan fingerprint density at radius 2 is 1.85 bits per heavy atom. The molecule has 0 saturated heterocycles. The minimum absolute atomic E-state index is 0.00586. The van der Waals surface area contributed by atoms with E-state index in [1.807, 2.05) is 30.3 Å². The zero-order valence-corrected chi connectivity index (χ0v) is 14.6. The normalized spacial score (nSPS) is 10.3. The van der Waals surface area contributed by atoms with E-state index in [-0.39, 0.29) is 5.75 Å². The molecule has 0 fully saturated rings. The van der Waals surface area contributed by atoms with Crippen molar-refractivity contribution in [2.45, 2.75) is 5.16 Å². The molecule has 0 atom stereocenters. The van der Waals surface area contributed by atoms with E-state index in [0.29, 0.717) is 16.5 Å². The van der Waals surface area contributed by atoms with Crippen molar-refractivity contribution in [3.05, 3.63) is 60.2 Å². The van der Waals surface area contributed by atoms with Crippen molar-refractivity contribution in [2.75, 3.05) is 12.9 Å². The number of thioether (sulfide) groups is 1. The molecule has 0 aliphatic heterocycles. The molecule has 0 aliphatic rings. The highest BCUT2D eigenvalue weighted by Crippen LogP contribution is 2.19. The number of carbonyl (C=O) groups excluding carboxylic acids is 2. The summed E-state index contributed by atoms with van der Waals surface area (Å²) in [4.78, 5) is 24.3. The van der Waals surface area contributed by atoms with E-state index in [0.717, 1.165) is 17.4 Å². The first-order chi connectivity index (χ1) is 12.7. The largest absolute Gasteiger partial charge is 0.496 e. The van der Waals surface area contributed by atoms with Gasteiger partial charge in [-0.05, 0) is 34.7 Å². The third-order valence-corrected chi connectivity index (χ3v) is 4.30. The zero-order valence-electron chi connectivity index (χ0n) is 13.8. The SMILES string of the molecule is COc1ccccc1C(=O)NC(=O)CSc1nnnn1-c1ccccc1. The van der Waals surface area contributed by atoms with Crippen LogP contribution in [0.15, 0.2) is 59.8 Å². The Morgan fingerprint density at radius 3 is 2.62 bits per heavy atom. The van der Waals surface area contributed by atoms with Gasteiger partial charge in [-0.25, -0.2) is 0 Å². The number of hydrogen-bond donors (Lipinski definition) is 1. The Morgan fingerprint density at radius 1 is 1.12 bits per heavy atom. The predicted molar refractivity (Wildman–Crippen MR) is 95.3 cm³/mol. The van der Waals surface area contributed by atoms with Crippen LogP contribution in [0, 0.1) is 0 Å². The lowest BCUT2D eigenvalue weighted by Gasteiger charge is -2.08. The number of hydrogen-bond acceptors (Lipinski definition) is 7. The molecule has 0 unspecified atom stereocenters. The molecule has 132 valence electrons. The van der Waals surface area contributed by atoms with E-state index < -0.39 is 11.8 Å². The van der Waals surface area contributed by atoms with Crippen molar-refractivity contribution in [2.24, 2.45) is 0 Å². The Bertz CT molecular complexity index is 914. The summed E-state index contributed by atoms with van der Waals surface area (Å²) in [6.45, 7) is 0. The number of para-hydroxylation sites is 2. The highest BCUT2D eigenvalue weighted by molar-refractivity contribution is 7.99. The summed E-state index contributed by atoms with van der Waals surface area (Å²) in [5.41, 5.74) is 1.08. The maximum absolute atomic E-state index is 12.2. The molecule has 1 aromatic heterocycles. The quantitative estimate of drug-likeness (QED) is 0.661. The molecule has 1 N–H and O–H groups in total. The molecule has 0 spiro atoms. The summed E-state index contributed by atoms with van der Waals surface area (Å²) in [6.07, 6.45) is 0. The van der Waals surface area contributed by atoms with E-state index in [4.69, 9.17) is 4.74 Å². The minimum atomic E-state index is -0.518. The second kappa shape index (κ2) is 8.26. The van der Waals surface area contributed by atoms with Crippen LogP contribution >= 0.6 is 11.8 Å². The summed E-state index contributed by atoms with van der Waals surface area (Å²) in [5.74, 6) is -0.573. The van der Waals surface area contributed by atoms with Crippen molar-refractivity contribution in [1.29, 1.82) is 0 Å². The van der Waals surface area contributed by atoms with Crippen LogP contribution in [0.4, 0.5) is 0 Å². The van der Waals surface area contributed by atoms with E-state index in [2.05, 4.69) is 20.8 Å². The summed E-state index contributed by atoms with van der Waals surface area (Å²) < 4.78 is 6.65. The maximum Gasteiger partial charge on any atom is 0.261 e. The first kappa shape index (κ1) is 17.6. The van der Waals surface area contributed by atoms with Crippen LogP contribution < -0.4 is 10.1 Å². The zero-order chi connectivity index (χ0) is 18.4. The van der Waals surface area contributed by atoms with E-state index in [1.54, 1.807) is 24.3 Å². The molecule has 2 aromatic carbocycles. The fourth-order valence-electron chi connectivity index (χ4n) is 2.19. The number of nitrogens with zero attached hydrogens (tertiary/aromatic N) is 4. The average Bonchev–Trinajstić information content (AvgIpc) is 3.15. The van der Waals surface area contributed by atoms with Gasteiger partial charge in [0.25, 0.3) is 5.91 Å². The van der Waals surface area contributed by atoms with E-state index >= 15 is 0 Å². The lowest BCUT2D eigenvalue weighted by molar-refractivity contribution is -0.117. The molecule has 8 nitrogen and oxygen atoms in total. The molecule has 0 aliphatic carbocycles. The highest BCUT2D eigenvalue weighted by Gasteiger charge is 2.16. The van der Waals surface area contributed by atoms with Gasteiger partial charge in [0.15, 0.2) is 0 Å². The molecule has 3 aromatic rings. The van der Waals surface area contributed by atoms with Gasteiger partial charge in [0, 0.05) is 0 Å². The lowest BCUT2D eigenvalue weighted by atomic mass is 10.2. The first-order valence-electron chi connectivity index (χ1n) is 7.63. The maximum atomic E-state index is 12.2. The Hall–Kier alpha value is -3.20. The molecular formula is C17H15N5O3S. The van der Waals surface area contributed by atoms with Crippen molar-refractivity contribution in [3.63, 3.8) is 0 Å². The van der Waals surface area contributed by atoms with Gasteiger partial charge in [-0.1, -0.05) is 42.1 Å². The Balaban J connectivity index is 1.62. The van der Waals surface area contributed by atoms with Gasteiger partial charge in [-0.3, -0.25) is 14.9 Å². The molecule has 9 heteroatoms. The summed E-state index contributed by atoms with van der Waals surface area (Å²) >= 11 is 1.14. The molecule has 2 amide bonds. The Labute approximate surface area is 153 Å². The number of rotatable bonds is 6. The van der Waals surface area contributed by atoms with Crippen LogP contribution in [0.5, 0.6) is 5.75 Å². The number of methoxy groups -OCH3 is 1. The molecule has 0 bridgehead atoms. The number of carbonyl (C=O) groups is 2. The van der Waals surface area contributed by atoms with Crippen molar-refractivity contribution < 1.29 is 14.3 Å². The number of ether oxygens (including phenoxy) is 1. The second-order valence-electron chi connectivity index (χ2n) is 5.08. The summed E-state index contributed by atoms with van der Waals surface area (Å²) in [5, 5.41) is 14.2. The number of aromatic nitrogens is 4. The molecule has 1 heterocycles. The molecule has 26 heavy (non-hydrogen) atoms. The first-order valence-corrected chi connectivity index (χ1v) is 8.61. The monoisotopic (exact) mass is 369 g/mol. The molecule has 3 rings (SSSR count). The number of imide groups is 1.